The monoisotopic (exact) mass is 340 g/mol. The number of hydrogen-bond acceptors (Lipinski definition) is 4. The Morgan fingerprint density at radius 1 is 1.28 bits per heavy atom. The Kier molecular flexibility index (Phi) is 5.66. The van der Waals surface area contributed by atoms with E-state index in [9.17, 15) is 9.90 Å². The summed E-state index contributed by atoms with van der Waals surface area (Å²) in [4.78, 5) is 18.7. The first-order valence-corrected chi connectivity index (χ1v) is 8.68. The molecule has 0 spiro atoms. The maximum Gasteiger partial charge on any atom is 0.256 e. The molecule has 5 nitrogen and oxygen atoms in total. The van der Waals surface area contributed by atoms with Crippen LogP contribution in [0.1, 0.15) is 30.2 Å². The number of nitrogens with zero attached hydrogens (tertiary/aromatic N) is 2. The van der Waals surface area contributed by atoms with Gasteiger partial charge in [0.15, 0.2) is 6.10 Å². The van der Waals surface area contributed by atoms with Gasteiger partial charge in [-0.15, -0.1) is 0 Å². The van der Waals surface area contributed by atoms with E-state index >= 15 is 0 Å². The van der Waals surface area contributed by atoms with Crippen LogP contribution < -0.4 is 4.74 Å². The summed E-state index contributed by atoms with van der Waals surface area (Å²) in [5.74, 6) is 0.941. The first-order chi connectivity index (χ1) is 12.2. The van der Waals surface area contributed by atoms with Crippen LogP contribution >= 0.6 is 0 Å². The molecule has 1 saturated heterocycles. The third-order valence-electron chi connectivity index (χ3n) is 4.79. The van der Waals surface area contributed by atoms with Crippen LogP contribution in [0.5, 0.6) is 5.75 Å². The molecule has 3 rings (SSSR count). The van der Waals surface area contributed by atoms with Gasteiger partial charge in [0.2, 0.25) is 0 Å². The van der Waals surface area contributed by atoms with Crippen molar-refractivity contribution in [1.29, 1.82) is 0 Å². The zero-order valence-electron chi connectivity index (χ0n) is 14.5. The van der Waals surface area contributed by atoms with Crippen molar-refractivity contribution in [3.05, 3.63) is 59.9 Å². The SMILES string of the molecule is COc1cccc(C(O)C(=O)N2CCC(Cc3ccccn3)CC2)c1. The largest absolute Gasteiger partial charge is 0.497 e. The molecule has 1 aromatic carbocycles. The molecule has 1 fully saturated rings. The second kappa shape index (κ2) is 8.12. The lowest BCUT2D eigenvalue weighted by Crippen LogP contribution is -2.41. The summed E-state index contributed by atoms with van der Waals surface area (Å²) in [6, 6.07) is 13.0. The van der Waals surface area contributed by atoms with E-state index in [0.717, 1.165) is 25.0 Å². The molecule has 1 aliphatic heterocycles. The van der Waals surface area contributed by atoms with E-state index in [1.165, 1.54) is 0 Å². The number of aliphatic hydroxyl groups is 1. The molecule has 5 heteroatoms. The minimum Gasteiger partial charge on any atom is -0.497 e. The quantitative estimate of drug-likeness (QED) is 0.909. The van der Waals surface area contributed by atoms with Crippen molar-refractivity contribution in [3.63, 3.8) is 0 Å². The number of rotatable bonds is 5. The highest BCUT2D eigenvalue weighted by Crippen LogP contribution is 2.25. The van der Waals surface area contributed by atoms with Crippen LogP contribution in [0.2, 0.25) is 0 Å². The van der Waals surface area contributed by atoms with Crippen molar-refractivity contribution in [2.75, 3.05) is 20.2 Å². The number of hydrogen-bond donors (Lipinski definition) is 1. The van der Waals surface area contributed by atoms with Gasteiger partial charge in [0.05, 0.1) is 7.11 Å². The number of carbonyl (C=O) groups excluding carboxylic acids is 1. The van der Waals surface area contributed by atoms with Gasteiger partial charge in [-0.05, 0) is 55.0 Å². The van der Waals surface area contributed by atoms with Gasteiger partial charge in [-0.25, -0.2) is 0 Å². The third-order valence-corrected chi connectivity index (χ3v) is 4.79. The molecule has 2 aromatic rings. The van der Waals surface area contributed by atoms with Crippen molar-refractivity contribution in [2.24, 2.45) is 5.92 Å². The fraction of sp³-hybridized carbons (Fsp3) is 0.400. The Morgan fingerprint density at radius 2 is 2.08 bits per heavy atom. The van der Waals surface area contributed by atoms with Crippen LogP contribution in [0.3, 0.4) is 0 Å². The average Bonchev–Trinajstić information content (AvgIpc) is 2.68. The molecule has 0 bridgehead atoms. The fourth-order valence-corrected chi connectivity index (χ4v) is 3.30. The normalized spacial score (nSPS) is 16.5. The van der Waals surface area contributed by atoms with E-state index in [1.54, 1.807) is 36.3 Å². The number of aliphatic hydroxyl groups excluding tert-OH is 1. The summed E-state index contributed by atoms with van der Waals surface area (Å²) in [5, 5.41) is 10.4. The number of pyridine rings is 1. The molecular formula is C20H24N2O3. The minimum atomic E-state index is -1.14. The average molecular weight is 340 g/mol. The van der Waals surface area contributed by atoms with E-state index in [0.29, 0.717) is 30.3 Å². The van der Waals surface area contributed by atoms with Gasteiger partial charge in [0.25, 0.3) is 5.91 Å². The second-order valence-corrected chi connectivity index (χ2v) is 6.47. The number of piperidine rings is 1. The van der Waals surface area contributed by atoms with Crippen LogP contribution in [0.25, 0.3) is 0 Å². The second-order valence-electron chi connectivity index (χ2n) is 6.47. The van der Waals surface area contributed by atoms with E-state index in [1.807, 2.05) is 24.4 Å². The molecule has 1 aromatic heterocycles. The van der Waals surface area contributed by atoms with Gasteiger partial charge in [0.1, 0.15) is 5.75 Å². The van der Waals surface area contributed by atoms with Crippen molar-refractivity contribution >= 4 is 5.91 Å². The van der Waals surface area contributed by atoms with Crippen molar-refractivity contribution in [2.45, 2.75) is 25.4 Å². The van der Waals surface area contributed by atoms with Crippen molar-refractivity contribution < 1.29 is 14.6 Å². The summed E-state index contributed by atoms with van der Waals surface area (Å²) < 4.78 is 5.16. The highest BCUT2D eigenvalue weighted by Gasteiger charge is 2.28. The molecule has 0 saturated carbocycles. The first kappa shape index (κ1) is 17.4. The van der Waals surface area contributed by atoms with Gasteiger partial charge >= 0.3 is 0 Å². The van der Waals surface area contributed by atoms with Gasteiger partial charge in [-0.3, -0.25) is 9.78 Å². The van der Waals surface area contributed by atoms with E-state index in [2.05, 4.69) is 4.98 Å². The minimum absolute atomic E-state index is 0.232. The molecule has 132 valence electrons. The number of methoxy groups -OCH3 is 1. The van der Waals surface area contributed by atoms with Gasteiger partial charge in [0, 0.05) is 25.0 Å². The molecule has 1 N–H and O–H groups in total. The zero-order chi connectivity index (χ0) is 17.6. The molecule has 1 aliphatic rings. The standard InChI is InChI=1S/C20H24N2O3/c1-25-18-7-4-5-16(14-18)19(23)20(24)22-11-8-15(9-12-22)13-17-6-2-3-10-21-17/h2-7,10,14-15,19,23H,8-9,11-13H2,1H3. The van der Waals surface area contributed by atoms with Crippen LogP contribution in [-0.2, 0) is 11.2 Å². The number of carbonyl (C=O) groups is 1. The Bertz CT molecular complexity index is 697. The van der Waals surface area contributed by atoms with Crippen LogP contribution in [0.4, 0.5) is 0 Å². The predicted molar refractivity (Wildman–Crippen MR) is 95.2 cm³/mol. The van der Waals surface area contributed by atoms with E-state index in [-0.39, 0.29) is 5.91 Å². The number of aromatic nitrogens is 1. The number of amides is 1. The van der Waals surface area contributed by atoms with Crippen LogP contribution in [-0.4, -0.2) is 41.1 Å². The smallest absolute Gasteiger partial charge is 0.256 e. The zero-order valence-corrected chi connectivity index (χ0v) is 14.5. The molecule has 0 aliphatic carbocycles. The molecular weight excluding hydrogens is 316 g/mol. The summed E-state index contributed by atoms with van der Waals surface area (Å²) >= 11 is 0. The van der Waals surface area contributed by atoms with Crippen LogP contribution in [0.15, 0.2) is 48.7 Å². The Morgan fingerprint density at radius 3 is 2.76 bits per heavy atom. The van der Waals surface area contributed by atoms with Gasteiger partial charge in [-0.1, -0.05) is 18.2 Å². The van der Waals surface area contributed by atoms with Crippen LogP contribution in [0, 0.1) is 5.92 Å². The fourth-order valence-electron chi connectivity index (χ4n) is 3.30. The maximum absolute atomic E-state index is 12.6. The van der Waals surface area contributed by atoms with E-state index in [4.69, 9.17) is 4.74 Å². The third kappa shape index (κ3) is 4.37. The maximum atomic E-state index is 12.6. The first-order valence-electron chi connectivity index (χ1n) is 8.68. The molecule has 2 heterocycles. The lowest BCUT2D eigenvalue weighted by molar-refractivity contribution is -0.142. The summed E-state index contributed by atoms with van der Waals surface area (Å²) in [6.07, 6.45) is 3.50. The molecule has 25 heavy (non-hydrogen) atoms. The summed E-state index contributed by atoms with van der Waals surface area (Å²) in [5.41, 5.74) is 1.67. The van der Waals surface area contributed by atoms with Crippen molar-refractivity contribution in [3.8, 4) is 5.75 Å². The Hall–Kier alpha value is -2.40. The van der Waals surface area contributed by atoms with Gasteiger partial charge in [-0.2, -0.15) is 0 Å². The summed E-state index contributed by atoms with van der Waals surface area (Å²) in [6.45, 7) is 1.36. The summed E-state index contributed by atoms with van der Waals surface area (Å²) in [7, 11) is 1.57. The molecule has 1 unspecified atom stereocenters. The highest BCUT2D eigenvalue weighted by atomic mass is 16.5. The Labute approximate surface area is 148 Å². The number of benzene rings is 1. The van der Waals surface area contributed by atoms with Crippen molar-refractivity contribution in [1.82, 2.24) is 9.88 Å². The highest BCUT2D eigenvalue weighted by molar-refractivity contribution is 5.82. The molecule has 1 amide bonds. The molecule has 1 atom stereocenters. The number of ether oxygens (including phenoxy) is 1. The lowest BCUT2D eigenvalue weighted by Gasteiger charge is -2.33. The Balaban J connectivity index is 1.55. The predicted octanol–water partition coefficient (Wildman–Crippen LogP) is 2.60. The van der Waals surface area contributed by atoms with Gasteiger partial charge < -0.3 is 14.7 Å². The number of likely N-dealkylation sites (tertiary alicyclic amines) is 1. The lowest BCUT2D eigenvalue weighted by atomic mass is 9.91. The topological polar surface area (TPSA) is 62.7 Å². The molecule has 0 radical (unpaired) electrons. The van der Waals surface area contributed by atoms with E-state index < -0.39 is 6.10 Å².